The summed E-state index contributed by atoms with van der Waals surface area (Å²) in [5, 5.41) is 6.61. The van der Waals surface area contributed by atoms with Gasteiger partial charge in [-0.3, -0.25) is 0 Å². The van der Waals surface area contributed by atoms with E-state index in [1.807, 2.05) is 20.8 Å². The molecule has 4 heteroatoms. The predicted molar refractivity (Wildman–Crippen MR) is 92.1 cm³/mol. The van der Waals surface area contributed by atoms with E-state index in [9.17, 15) is 4.79 Å². The molecule has 1 amide bonds. The van der Waals surface area contributed by atoms with Crippen molar-refractivity contribution < 1.29 is 9.53 Å². The fourth-order valence-electron chi connectivity index (χ4n) is 3.04. The van der Waals surface area contributed by atoms with Crippen LogP contribution in [0.5, 0.6) is 0 Å². The van der Waals surface area contributed by atoms with E-state index < -0.39 is 5.60 Å². The Kier molecular flexibility index (Phi) is 8.23. The van der Waals surface area contributed by atoms with E-state index in [2.05, 4.69) is 24.5 Å². The number of unbranched alkanes of at least 4 members (excludes halogenated alkanes) is 1. The van der Waals surface area contributed by atoms with Crippen LogP contribution in [0.1, 0.15) is 73.1 Å². The van der Waals surface area contributed by atoms with Crippen molar-refractivity contribution in [2.45, 2.75) is 84.8 Å². The second-order valence-corrected chi connectivity index (χ2v) is 8.02. The molecule has 0 aromatic carbocycles. The summed E-state index contributed by atoms with van der Waals surface area (Å²) in [6, 6.07) is 0.550. The number of ether oxygens (including phenoxy) is 1. The number of amides is 1. The first-order valence-corrected chi connectivity index (χ1v) is 8.98. The van der Waals surface area contributed by atoms with Gasteiger partial charge in [0.1, 0.15) is 5.60 Å². The normalized spacial score (nSPS) is 22.1. The summed E-state index contributed by atoms with van der Waals surface area (Å²) in [7, 11) is 0. The fourth-order valence-corrected chi connectivity index (χ4v) is 3.04. The molecule has 1 fully saturated rings. The molecule has 0 saturated heterocycles. The van der Waals surface area contributed by atoms with Crippen molar-refractivity contribution in [2.75, 3.05) is 13.1 Å². The highest BCUT2D eigenvalue weighted by atomic mass is 16.6. The standard InChI is InChI=1S/C18H36N2O2/c1-14(2)9-6-7-12-19-16-11-8-10-15(16)13-20-17(21)22-18(3,4)5/h14-16,19H,6-13H2,1-5H3,(H,20,21). The third kappa shape index (κ3) is 8.62. The molecule has 0 aliphatic heterocycles. The van der Waals surface area contributed by atoms with Crippen molar-refractivity contribution >= 4 is 6.09 Å². The summed E-state index contributed by atoms with van der Waals surface area (Å²) in [4.78, 5) is 11.7. The smallest absolute Gasteiger partial charge is 0.407 e. The maximum Gasteiger partial charge on any atom is 0.407 e. The quantitative estimate of drug-likeness (QED) is 0.664. The minimum absolute atomic E-state index is 0.296. The van der Waals surface area contributed by atoms with Crippen LogP contribution in [0.15, 0.2) is 0 Å². The molecule has 0 radical (unpaired) electrons. The Morgan fingerprint density at radius 2 is 1.95 bits per heavy atom. The molecule has 2 unspecified atom stereocenters. The number of rotatable bonds is 8. The summed E-state index contributed by atoms with van der Waals surface area (Å²) in [5.41, 5.74) is -0.423. The lowest BCUT2D eigenvalue weighted by molar-refractivity contribution is 0.0517. The van der Waals surface area contributed by atoms with Crippen LogP contribution in [0.2, 0.25) is 0 Å². The minimum atomic E-state index is -0.423. The molecular weight excluding hydrogens is 276 g/mol. The average Bonchev–Trinajstić information content (AvgIpc) is 2.81. The molecule has 0 spiro atoms. The number of nitrogens with one attached hydrogen (secondary N) is 2. The lowest BCUT2D eigenvalue weighted by Crippen LogP contribution is -2.41. The van der Waals surface area contributed by atoms with Gasteiger partial charge in [-0.2, -0.15) is 0 Å². The van der Waals surface area contributed by atoms with Crippen LogP contribution in [0, 0.1) is 11.8 Å². The first kappa shape index (κ1) is 19.3. The number of hydrogen-bond acceptors (Lipinski definition) is 3. The molecule has 1 rings (SSSR count). The van der Waals surface area contributed by atoms with Crippen LogP contribution in [-0.4, -0.2) is 30.8 Å². The van der Waals surface area contributed by atoms with Gasteiger partial charge in [0.25, 0.3) is 0 Å². The second kappa shape index (κ2) is 9.39. The molecule has 130 valence electrons. The Morgan fingerprint density at radius 1 is 1.23 bits per heavy atom. The van der Waals surface area contributed by atoms with Gasteiger partial charge in [0.15, 0.2) is 0 Å². The molecule has 1 aliphatic rings. The van der Waals surface area contributed by atoms with E-state index in [1.165, 1.54) is 38.5 Å². The molecule has 2 N–H and O–H groups in total. The van der Waals surface area contributed by atoms with Gasteiger partial charge in [0.05, 0.1) is 0 Å². The maximum atomic E-state index is 11.7. The van der Waals surface area contributed by atoms with Gasteiger partial charge < -0.3 is 15.4 Å². The van der Waals surface area contributed by atoms with Crippen molar-refractivity contribution in [1.29, 1.82) is 0 Å². The van der Waals surface area contributed by atoms with E-state index in [-0.39, 0.29) is 6.09 Å². The SMILES string of the molecule is CC(C)CCCCNC1CCCC1CNC(=O)OC(C)(C)C. The summed E-state index contributed by atoms with van der Waals surface area (Å²) in [6.07, 6.45) is 7.25. The number of carbonyl (C=O) groups is 1. The van der Waals surface area contributed by atoms with Gasteiger partial charge in [0.2, 0.25) is 0 Å². The molecule has 1 saturated carbocycles. The van der Waals surface area contributed by atoms with Gasteiger partial charge >= 0.3 is 6.09 Å². The number of hydrogen-bond donors (Lipinski definition) is 2. The number of alkyl carbamates (subject to hydrolysis) is 1. The zero-order valence-electron chi connectivity index (χ0n) is 15.2. The lowest BCUT2D eigenvalue weighted by Gasteiger charge is -2.23. The Balaban J connectivity index is 2.18. The fraction of sp³-hybridized carbons (Fsp3) is 0.944. The summed E-state index contributed by atoms with van der Waals surface area (Å²) in [6.45, 7) is 12.1. The van der Waals surface area contributed by atoms with Gasteiger partial charge in [-0.25, -0.2) is 4.79 Å². The van der Waals surface area contributed by atoms with E-state index in [0.717, 1.165) is 19.0 Å². The Hall–Kier alpha value is -0.770. The molecule has 1 aliphatic carbocycles. The van der Waals surface area contributed by atoms with Crippen LogP contribution < -0.4 is 10.6 Å². The van der Waals surface area contributed by atoms with E-state index in [1.54, 1.807) is 0 Å². The Labute approximate surface area is 136 Å². The van der Waals surface area contributed by atoms with E-state index in [0.29, 0.717) is 12.0 Å². The largest absolute Gasteiger partial charge is 0.444 e. The zero-order valence-corrected chi connectivity index (χ0v) is 15.2. The highest BCUT2D eigenvalue weighted by molar-refractivity contribution is 5.67. The zero-order chi connectivity index (χ0) is 16.6. The summed E-state index contributed by atoms with van der Waals surface area (Å²) in [5.74, 6) is 1.34. The third-order valence-corrected chi connectivity index (χ3v) is 4.18. The molecule has 0 aromatic heterocycles. The van der Waals surface area contributed by atoms with Crippen molar-refractivity contribution in [2.24, 2.45) is 11.8 Å². The van der Waals surface area contributed by atoms with Crippen molar-refractivity contribution in [3.05, 3.63) is 0 Å². The molecule has 22 heavy (non-hydrogen) atoms. The van der Waals surface area contributed by atoms with Gasteiger partial charge in [-0.05, 0) is 58.4 Å². The molecule has 0 heterocycles. The van der Waals surface area contributed by atoms with Crippen LogP contribution in [0.4, 0.5) is 4.79 Å². The third-order valence-electron chi connectivity index (χ3n) is 4.18. The van der Waals surface area contributed by atoms with Gasteiger partial charge in [-0.1, -0.05) is 33.1 Å². The molecule has 2 atom stereocenters. The minimum Gasteiger partial charge on any atom is -0.444 e. The highest BCUT2D eigenvalue weighted by Crippen LogP contribution is 2.25. The highest BCUT2D eigenvalue weighted by Gasteiger charge is 2.27. The maximum absolute atomic E-state index is 11.7. The Morgan fingerprint density at radius 3 is 2.59 bits per heavy atom. The predicted octanol–water partition coefficient (Wildman–Crippen LogP) is 4.10. The van der Waals surface area contributed by atoms with E-state index in [4.69, 9.17) is 4.74 Å². The van der Waals surface area contributed by atoms with Crippen LogP contribution in [-0.2, 0) is 4.74 Å². The second-order valence-electron chi connectivity index (χ2n) is 8.02. The van der Waals surface area contributed by atoms with Crippen LogP contribution >= 0.6 is 0 Å². The van der Waals surface area contributed by atoms with Gasteiger partial charge in [0, 0.05) is 12.6 Å². The van der Waals surface area contributed by atoms with Crippen LogP contribution in [0.25, 0.3) is 0 Å². The van der Waals surface area contributed by atoms with Crippen LogP contribution in [0.3, 0.4) is 0 Å². The van der Waals surface area contributed by atoms with Crippen molar-refractivity contribution in [3.8, 4) is 0 Å². The first-order valence-electron chi connectivity index (χ1n) is 8.98. The van der Waals surface area contributed by atoms with Gasteiger partial charge in [-0.15, -0.1) is 0 Å². The van der Waals surface area contributed by atoms with Crippen molar-refractivity contribution in [3.63, 3.8) is 0 Å². The molecule has 0 aromatic rings. The van der Waals surface area contributed by atoms with E-state index >= 15 is 0 Å². The number of carbonyl (C=O) groups excluding carboxylic acids is 1. The first-order chi connectivity index (χ1) is 10.3. The molecule has 0 bridgehead atoms. The summed E-state index contributed by atoms with van der Waals surface area (Å²) >= 11 is 0. The molecule has 4 nitrogen and oxygen atoms in total. The lowest BCUT2D eigenvalue weighted by atomic mass is 10.0. The molecular formula is C18H36N2O2. The average molecular weight is 312 g/mol. The monoisotopic (exact) mass is 312 g/mol. The van der Waals surface area contributed by atoms with Crippen molar-refractivity contribution in [1.82, 2.24) is 10.6 Å². The summed E-state index contributed by atoms with van der Waals surface area (Å²) < 4.78 is 5.30. The Bertz CT molecular complexity index is 324. The topological polar surface area (TPSA) is 50.4 Å².